The van der Waals surface area contributed by atoms with Crippen molar-refractivity contribution in [3.8, 4) is 16.8 Å². The summed E-state index contributed by atoms with van der Waals surface area (Å²) < 4.78 is 2.44. The Hall–Kier alpha value is -6.12. The van der Waals surface area contributed by atoms with Crippen LogP contribution in [0.2, 0.25) is 0 Å². The van der Waals surface area contributed by atoms with E-state index in [0.29, 0.717) is 0 Å². The summed E-state index contributed by atoms with van der Waals surface area (Å²) in [6, 6.07) is 65.6. The first-order valence-electron chi connectivity index (χ1n) is 15.8. The van der Waals surface area contributed by atoms with Gasteiger partial charge in [0.25, 0.3) is 0 Å². The van der Waals surface area contributed by atoms with Gasteiger partial charge in [0.1, 0.15) is 0 Å². The lowest BCUT2D eigenvalue weighted by atomic mass is 9.97. The molecule has 2 nitrogen and oxygen atoms in total. The van der Waals surface area contributed by atoms with Crippen molar-refractivity contribution in [2.24, 2.45) is 0 Å². The van der Waals surface area contributed by atoms with Gasteiger partial charge in [-0.2, -0.15) is 0 Å². The van der Waals surface area contributed by atoms with Crippen molar-refractivity contribution in [2.45, 2.75) is 0 Å². The van der Waals surface area contributed by atoms with E-state index >= 15 is 0 Å². The molecule has 46 heavy (non-hydrogen) atoms. The van der Waals surface area contributed by atoms with Crippen LogP contribution in [-0.4, -0.2) is 4.57 Å². The van der Waals surface area contributed by atoms with E-state index in [1.54, 1.807) is 0 Å². The van der Waals surface area contributed by atoms with Gasteiger partial charge in [-0.25, -0.2) is 0 Å². The zero-order valence-electron chi connectivity index (χ0n) is 25.2. The van der Waals surface area contributed by atoms with Gasteiger partial charge in [-0.05, 0) is 70.4 Å². The lowest BCUT2D eigenvalue weighted by molar-refractivity contribution is 1.19. The van der Waals surface area contributed by atoms with Crippen LogP contribution in [0, 0.1) is 0 Å². The molecule has 2 heteroatoms. The molecule has 8 aromatic carbocycles. The number of para-hydroxylation sites is 2. The van der Waals surface area contributed by atoms with Gasteiger partial charge in [0.2, 0.25) is 0 Å². The summed E-state index contributed by atoms with van der Waals surface area (Å²) in [7, 11) is 0. The van der Waals surface area contributed by atoms with Crippen molar-refractivity contribution in [3.63, 3.8) is 0 Å². The van der Waals surface area contributed by atoms with E-state index in [4.69, 9.17) is 0 Å². The molecule has 0 radical (unpaired) electrons. The largest absolute Gasteiger partial charge is 0.310 e. The molecule has 0 saturated heterocycles. The van der Waals surface area contributed by atoms with E-state index in [0.717, 1.165) is 22.7 Å². The number of aromatic nitrogens is 1. The fourth-order valence-corrected chi connectivity index (χ4v) is 7.13. The van der Waals surface area contributed by atoms with Crippen LogP contribution in [0.25, 0.3) is 60.2 Å². The molecule has 0 spiro atoms. The fraction of sp³-hybridized carbons (Fsp3) is 0. The van der Waals surface area contributed by atoms with Crippen LogP contribution in [0.4, 0.5) is 17.1 Å². The van der Waals surface area contributed by atoms with Crippen LogP contribution >= 0.6 is 0 Å². The quantitative estimate of drug-likeness (QED) is 0.195. The van der Waals surface area contributed by atoms with E-state index in [1.165, 1.54) is 54.5 Å². The van der Waals surface area contributed by atoms with E-state index < -0.39 is 0 Å². The number of nitrogens with zero attached hydrogens (tertiary/aromatic N) is 2. The van der Waals surface area contributed by atoms with E-state index in [1.807, 2.05) is 0 Å². The van der Waals surface area contributed by atoms with Crippen molar-refractivity contribution in [1.29, 1.82) is 0 Å². The molecular formula is C44H30N2. The highest BCUT2D eigenvalue weighted by Gasteiger charge is 2.20. The van der Waals surface area contributed by atoms with Gasteiger partial charge in [-0.3, -0.25) is 0 Å². The first-order chi connectivity index (χ1) is 22.8. The average molecular weight is 587 g/mol. The van der Waals surface area contributed by atoms with E-state index in [-0.39, 0.29) is 0 Å². The Bertz CT molecular complexity index is 2520. The van der Waals surface area contributed by atoms with Crippen LogP contribution < -0.4 is 4.90 Å². The Labute approximate surface area is 268 Å². The van der Waals surface area contributed by atoms with Crippen LogP contribution in [-0.2, 0) is 0 Å². The van der Waals surface area contributed by atoms with Gasteiger partial charge in [-0.15, -0.1) is 0 Å². The van der Waals surface area contributed by atoms with Gasteiger partial charge in [0.05, 0.1) is 16.7 Å². The van der Waals surface area contributed by atoms with Crippen molar-refractivity contribution in [2.75, 3.05) is 4.90 Å². The minimum atomic E-state index is 1.12. The molecule has 0 aliphatic rings. The molecule has 0 N–H and O–H groups in total. The molecule has 9 rings (SSSR count). The molecule has 0 unspecified atom stereocenters. The SMILES string of the molecule is c1ccc(N(c2cccc(-c3cccc4c3c3ccc5ccccc5c3n4-c3ccccc3)c2)c2cccc3ccccc23)cc1. The summed E-state index contributed by atoms with van der Waals surface area (Å²) in [5.74, 6) is 0. The maximum Gasteiger partial charge on any atom is 0.0619 e. The number of rotatable bonds is 5. The monoisotopic (exact) mass is 586 g/mol. The number of hydrogen-bond acceptors (Lipinski definition) is 1. The van der Waals surface area contributed by atoms with Crippen molar-refractivity contribution in [1.82, 2.24) is 4.57 Å². The second kappa shape index (κ2) is 10.8. The molecule has 9 aromatic rings. The second-order valence-corrected chi connectivity index (χ2v) is 11.8. The highest BCUT2D eigenvalue weighted by Crippen LogP contribution is 2.44. The lowest BCUT2D eigenvalue weighted by Gasteiger charge is -2.27. The number of anilines is 3. The minimum absolute atomic E-state index is 1.12. The number of fused-ring (bicyclic) bond motifs is 6. The molecule has 0 amide bonds. The molecule has 0 saturated carbocycles. The predicted octanol–water partition coefficient (Wildman–Crippen LogP) is 12.2. The normalized spacial score (nSPS) is 11.5. The summed E-state index contributed by atoms with van der Waals surface area (Å²) in [5, 5.41) is 7.47. The smallest absolute Gasteiger partial charge is 0.0619 e. The highest BCUT2D eigenvalue weighted by atomic mass is 15.1. The number of hydrogen-bond donors (Lipinski definition) is 0. The maximum atomic E-state index is 2.44. The molecule has 0 atom stereocenters. The molecule has 0 fully saturated rings. The average Bonchev–Trinajstić information content (AvgIpc) is 3.48. The van der Waals surface area contributed by atoms with Gasteiger partial charge in [0, 0.05) is 38.6 Å². The van der Waals surface area contributed by atoms with E-state index in [9.17, 15) is 0 Å². The first kappa shape index (κ1) is 26.3. The zero-order chi connectivity index (χ0) is 30.5. The Morgan fingerprint density at radius 1 is 0.413 bits per heavy atom. The molecule has 1 heterocycles. The second-order valence-electron chi connectivity index (χ2n) is 11.8. The molecule has 0 bridgehead atoms. The van der Waals surface area contributed by atoms with Crippen LogP contribution in [0.3, 0.4) is 0 Å². The van der Waals surface area contributed by atoms with Crippen LogP contribution in [0.1, 0.15) is 0 Å². The van der Waals surface area contributed by atoms with Gasteiger partial charge in [-0.1, -0.05) is 133 Å². The van der Waals surface area contributed by atoms with E-state index in [2.05, 4.69) is 191 Å². The molecule has 216 valence electrons. The topological polar surface area (TPSA) is 8.17 Å². The number of benzene rings is 8. The molecule has 0 aliphatic carbocycles. The van der Waals surface area contributed by atoms with Crippen molar-refractivity contribution in [3.05, 3.63) is 182 Å². The summed E-state index contributed by atoms with van der Waals surface area (Å²) in [5.41, 5.74) is 9.42. The Balaban J connectivity index is 1.32. The lowest BCUT2D eigenvalue weighted by Crippen LogP contribution is -2.10. The first-order valence-corrected chi connectivity index (χ1v) is 15.8. The van der Waals surface area contributed by atoms with Crippen LogP contribution in [0.5, 0.6) is 0 Å². The Morgan fingerprint density at radius 3 is 1.87 bits per heavy atom. The summed E-state index contributed by atoms with van der Waals surface area (Å²) >= 11 is 0. The summed E-state index contributed by atoms with van der Waals surface area (Å²) in [4.78, 5) is 2.38. The third-order valence-corrected chi connectivity index (χ3v) is 9.13. The van der Waals surface area contributed by atoms with Gasteiger partial charge >= 0.3 is 0 Å². The maximum absolute atomic E-state index is 2.44. The molecular weight excluding hydrogens is 556 g/mol. The highest BCUT2D eigenvalue weighted by molar-refractivity contribution is 6.22. The standard InChI is InChI=1S/C44H30N2/c1-3-18-34(19-4-1)45(41-26-12-16-31-14-7-9-23-37(31)41)36-22-11-17-33(30-36)38-25-13-27-42-43(38)40-29-28-32-15-8-10-24-39(32)44(40)46(42)35-20-5-2-6-21-35/h1-30H. The van der Waals surface area contributed by atoms with Gasteiger partial charge < -0.3 is 9.47 Å². The van der Waals surface area contributed by atoms with Crippen molar-refractivity contribution < 1.29 is 0 Å². The fourth-order valence-electron chi connectivity index (χ4n) is 7.13. The zero-order valence-corrected chi connectivity index (χ0v) is 25.2. The molecule has 1 aromatic heterocycles. The van der Waals surface area contributed by atoms with Crippen molar-refractivity contribution >= 4 is 60.4 Å². The Kier molecular flexibility index (Phi) is 6.17. The molecule has 0 aliphatic heterocycles. The minimum Gasteiger partial charge on any atom is -0.310 e. The van der Waals surface area contributed by atoms with Gasteiger partial charge in [0.15, 0.2) is 0 Å². The Morgan fingerprint density at radius 2 is 1.04 bits per heavy atom. The third-order valence-electron chi connectivity index (χ3n) is 9.13. The van der Waals surface area contributed by atoms with Crippen LogP contribution in [0.15, 0.2) is 182 Å². The predicted molar refractivity (Wildman–Crippen MR) is 196 cm³/mol. The summed E-state index contributed by atoms with van der Waals surface area (Å²) in [6.07, 6.45) is 0. The summed E-state index contributed by atoms with van der Waals surface area (Å²) in [6.45, 7) is 0. The third kappa shape index (κ3) is 4.19.